The molecule has 14 aromatic carbocycles. The molecule has 2 aliphatic rings. The van der Waals surface area contributed by atoms with E-state index in [9.17, 15) is 0 Å². The predicted molar refractivity (Wildman–Crippen MR) is 341 cm³/mol. The first kappa shape index (κ1) is 44.7. The molecule has 0 saturated carbocycles. The van der Waals surface area contributed by atoms with Crippen molar-refractivity contribution in [1.29, 1.82) is 0 Å². The zero-order valence-electron chi connectivity index (χ0n) is 43.6. The molecule has 2 aliphatic heterocycles. The van der Waals surface area contributed by atoms with Crippen molar-refractivity contribution in [3.05, 3.63) is 291 Å². The third-order valence-electron chi connectivity index (χ3n) is 17.2. The fourth-order valence-electron chi connectivity index (χ4n) is 13.6. The highest BCUT2D eigenvalue weighted by Gasteiger charge is 2.45. The van der Waals surface area contributed by atoms with Crippen LogP contribution in [0.1, 0.15) is 0 Å². The minimum absolute atomic E-state index is 0.103. The molecule has 0 fully saturated rings. The Hall–Kier alpha value is -10.4. The maximum absolute atomic E-state index is 2.61. The summed E-state index contributed by atoms with van der Waals surface area (Å²) in [7, 11) is 0. The summed E-state index contributed by atoms with van der Waals surface area (Å²) in [6.45, 7) is -0.103. The van der Waals surface area contributed by atoms with Crippen LogP contribution in [0, 0.1) is 0 Å². The summed E-state index contributed by atoms with van der Waals surface area (Å²) in [5, 5.41) is 12.3. The van der Waals surface area contributed by atoms with Crippen LogP contribution in [0.15, 0.2) is 291 Å². The van der Waals surface area contributed by atoms with Crippen LogP contribution >= 0.6 is 0 Å². The topological polar surface area (TPSA) is 11.4 Å². The van der Waals surface area contributed by atoms with E-state index >= 15 is 0 Å². The number of fused-ring (bicyclic) bond motifs is 13. The summed E-state index contributed by atoms with van der Waals surface area (Å²) < 4.78 is 2.44. The van der Waals surface area contributed by atoms with Crippen molar-refractivity contribution in [2.45, 2.75) is 0 Å². The SMILES string of the molecule is c1ccc(-c2ccc(N3c4cc(-c5ccc6c7ccccc7n(-c7ccccc7)c6c5)cc5c4B(c4ccc6cc7ccccc7cc6c43)c3ccc4cc6ccccc6cc4c3N5c3ccc(-c4ccccc4)cc3)cc2)cc1. The van der Waals surface area contributed by atoms with Gasteiger partial charge in [-0.05, 0) is 167 Å². The number of anilines is 6. The van der Waals surface area contributed by atoms with Crippen molar-refractivity contribution in [3.8, 4) is 39.1 Å². The van der Waals surface area contributed by atoms with Gasteiger partial charge in [-0.15, -0.1) is 0 Å². The molecular formula is C76H48BN3. The van der Waals surface area contributed by atoms with Gasteiger partial charge in [-0.25, -0.2) is 0 Å². The van der Waals surface area contributed by atoms with Gasteiger partial charge in [0.2, 0.25) is 0 Å². The normalized spacial score (nSPS) is 12.7. The number of para-hydroxylation sites is 2. The molecule has 0 spiro atoms. The van der Waals surface area contributed by atoms with Gasteiger partial charge in [-0.2, -0.15) is 0 Å². The van der Waals surface area contributed by atoms with Crippen LogP contribution < -0.4 is 26.2 Å². The number of aromatic nitrogens is 1. The first-order chi connectivity index (χ1) is 39.7. The van der Waals surface area contributed by atoms with Gasteiger partial charge < -0.3 is 14.4 Å². The molecule has 0 amide bonds. The maximum Gasteiger partial charge on any atom is 0.252 e. The lowest BCUT2D eigenvalue weighted by molar-refractivity contribution is 1.18. The standard InChI is InChI=1S/C76H48BN3/c1-4-16-49(17-5-1)51-28-35-62(36-29-51)79-72-47-60(57-32-39-65-64-26-14-15-27-70(64)78(71(65)46-57)61-24-8-3-9-25-61)48-73-74(72)77(68-40-33-58-42-53-20-10-12-22-55(53)44-66(58)75(68)79)69-41-34-59-43-54-21-11-13-23-56(54)45-67(59)76(69)80(73)63-37-30-52(31-38-63)50-18-6-2-7-19-50/h1-48H. The van der Waals surface area contributed by atoms with E-state index in [2.05, 4.69) is 306 Å². The Bertz CT molecular complexity index is 4760. The summed E-state index contributed by atoms with van der Waals surface area (Å²) in [6.07, 6.45) is 0. The highest BCUT2D eigenvalue weighted by molar-refractivity contribution is 7.00. The maximum atomic E-state index is 2.61. The quantitative estimate of drug-likeness (QED) is 0.121. The molecule has 0 bridgehead atoms. The molecule has 0 saturated heterocycles. The van der Waals surface area contributed by atoms with Crippen molar-refractivity contribution >= 4 is 122 Å². The molecule has 0 aliphatic carbocycles. The number of hydrogen-bond acceptors (Lipinski definition) is 2. The minimum atomic E-state index is -0.103. The van der Waals surface area contributed by atoms with E-state index in [1.807, 2.05) is 0 Å². The van der Waals surface area contributed by atoms with Crippen LogP contribution in [-0.4, -0.2) is 11.3 Å². The predicted octanol–water partition coefficient (Wildman–Crippen LogP) is 18.5. The molecular weight excluding hydrogens is 966 g/mol. The number of nitrogens with zero attached hydrogens (tertiary/aromatic N) is 3. The molecule has 15 aromatic rings. The molecule has 80 heavy (non-hydrogen) atoms. The zero-order valence-corrected chi connectivity index (χ0v) is 43.6. The smallest absolute Gasteiger partial charge is 0.252 e. The molecule has 17 rings (SSSR count). The largest absolute Gasteiger partial charge is 0.311 e. The van der Waals surface area contributed by atoms with Crippen molar-refractivity contribution in [2.24, 2.45) is 0 Å². The lowest BCUT2D eigenvalue weighted by Crippen LogP contribution is -2.61. The Morgan fingerprint density at radius 1 is 0.237 bits per heavy atom. The van der Waals surface area contributed by atoms with Crippen LogP contribution in [0.2, 0.25) is 0 Å². The van der Waals surface area contributed by atoms with Gasteiger partial charge in [0.25, 0.3) is 6.71 Å². The van der Waals surface area contributed by atoms with Crippen LogP contribution in [0.4, 0.5) is 34.1 Å². The van der Waals surface area contributed by atoms with E-state index in [1.54, 1.807) is 0 Å². The lowest BCUT2D eigenvalue weighted by Gasteiger charge is -2.45. The second-order valence-electron chi connectivity index (χ2n) is 21.6. The highest BCUT2D eigenvalue weighted by atomic mass is 15.2. The summed E-state index contributed by atoms with van der Waals surface area (Å²) >= 11 is 0. The molecule has 1 aromatic heterocycles. The van der Waals surface area contributed by atoms with Crippen LogP contribution in [0.5, 0.6) is 0 Å². The van der Waals surface area contributed by atoms with E-state index in [0.717, 1.165) is 28.2 Å². The van der Waals surface area contributed by atoms with E-state index in [4.69, 9.17) is 0 Å². The molecule has 0 unspecified atom stereocenters. The first-order valence-electron chi connectivity index (χ1n) is 27.8. The Balaban J connectivity index is 1.01. The summed E-state index contributed by atoms with van der Waals surface area (Å²) in [4.78, 5) is 5.21. The average Bonchev–Trinajstić information content (AvgIpc) is 3.82. The van der Waals surface area contributed by atoms with Crippen LogP contribution in [0.25, 0.3) is 104 Å². The monoisotopic (exact) mass is 1010 g/mol. The van der Waals surface area contributed by atoms with Crippen LogP contribution in [-0.2, 0) is 0 Å². The number of benzene rings is 14. The van der Waals surface area contributed by atoms with Gasteiger partial charge in [0, 0.05) is 61.4 Å². The summed E-state index contributed by atoms with van der Waals surface area (Å²) in [5.41, 5.74) is 21.4. The lowest BCUT2D eigenvalue weighted by atomic mass is 9.33. The molecule has 0 radical (unpaired) electrons. The average molecular weight is 1010 g/mol. The van der Waals surface area contributed by atoms with Gasteiger partial charge in [-0.3, -0.25) is 0 Å². The fraction of sp³-hybridized carbons (Fsp3) is 0. The number of hydrogen-bond donors (Lipinski definition) is 0. The molecule has 3 heterocycles. The number of rotatable bonds is 6. The Morgan fingerprint density at radius 3 is 1.19 bits per heavy atom. The summed E-state index contributed by atoms with van der Waals surface area (Å²) in [6, 6.07) is 109. The van der Waals surface area contributed by atoms with Gasteiger partial charge in [0.15, 0.2) is 0 Å². The first-order valence-corrected chi connectivity index (χ1v) is 27.8. The third-order valence-corrected chi connectivity index (χ3v) is 17.2. The van der Waals surface area contributed by atoms with Crippen molar-refractivity contribution in [3.63, 3.8) is 0 Å². The van der Waals surface area contributed by atoms with E-state index in [1.165, 1.54) is 126 Å². The van der Waals surface area contributed by atoms with E-state index < -0.39 is 0 Å². The zero-order chi connectivity index (χ0) is 52.4. The van der Waals surface area contributed by atoms with Crippen molar-refractivity contribution in [1.82, 2.24) is 4.57 Å². The second kappa shape index (κ2) is 17.6. The van der Waals surface area contributed by atoms with Gasteiger partial charge in [0.1, 0.15) is 0 Å². The van der Waals surface area contributed by atoms with E-state index in [0.29, 0.717) is 0 Å². The minimum Gasteiger partial charge on any atom is -0.311 e. The molecule has 3 nitrogen and oxygen atoms in total. The molecule has 0 atom stereocenters. The second-order valence-corrected chi connectivity index (χ2v) is 21.6. The van der Waals surface area contributed by atoms with E-state index in [-0.39, 0.29) is 6.71 Å². The van der Waals surface area contributed by atoms with Crippen LogP contribution in [0.3, 0.4) is 0 Å². The highest BCUT2D eigenvalue weighted by Crippen LogP contribution is 2.50. The Labute approximate surface area is 464 Å². The van der Waals surface area contributed by atoms with Crippen molar-refractivity contribution < 1.29 is 0 Å². The van der Waals surface area contributed by atoms with Gasteiger partial charge in [0.05, 0.1) is 11.0 Å². The fourth-order valence-corrected chi connectivity index (χ4v) is 13.6. The molecule has 4 heteroatoms. The van der Waals surface area contributed by atoms with Gasteiger partial charge >= 0.3 is 0 Å². The third kappa shape index (κ3) is 6.82. The summed E-state index contributed by atoms with van der Waals surface area (Å²) in [5.74, 6) is 0. The Kier molecular flexibility index (Phi) is 9.81. The van der Waals surface area contributed by atoms with Gasteiger partial charge in [-0.1, -0.05) is 206 Å². The Morgan fingerprint density at radius 2 is 0.662 bits per heavy atom. The molecule has 0 N–H and O–H groups in total. The van der Waals surface area contributed by atoms with Crippen molar-refractivity contribution in [2.75, 3.05) is 9.80 Å². The molecule has 370 valence electrons.